The molecule has 0 radical (unpaired) electrons. The summed E-state index contributed by atoms with van der Waals surface area (Å²) >= 11 is 0. The van der Waals surface area contributed by atoms with Crippen molar-refractivity contribution in [1.82, 2.24) is 24.8 Å². The highest BCUT2D eigenvalue weighted by Crippen LogP contribution is 2.27. The van der Waals surface area contributed by atoms with E-state index in [1.807, 2.05) is 41.8 Å². The summed E-state index contributed by atoms with van der Waals surface area (Å²) < 4.78 is 7.67. The molecule has 2 aromatic rings. The zero-order valence-electron chi connectivity index (χ0n) is 15.6. The van der Waals surface area contributed by atoms with Gasteiger partial charge in [0.25, 0.3) is 0 Å². The van der Waals surface area contributed by atoms with Gasteiger partial charge in [0, 0.05) is 69.3 Å². The molecule has 0 aromatic carbocycles. The van der Waals surface area contributed by atoms with Crippen LogP contribution in [0, 0.1) is 0 Å². The predicted molar refractivity (Wildman–Crippen MR) is 101 cm³/mol. The Morgan fingerprint density at radius 3 is 2.78 bits per heavy atom. The fourth-order valence-corrected chi connectivity index (χ4v) is 3.98. The van der Waals surface area contributed by atoms with E-state index in [0.717, 1.165) is 51.5 Å². The summed E-state index contributed by atoms with van der Waals surface area (Å²) in [7, 11) is 0. The maximum atomic E-state index is 12.6. The quantitative estimate of drug-likeness (QED) is 0.863. The molecule has 2 aliphatic heterocycles. The molecule has 1 amide bonds. The van der Waals surface area contributed by atoms with E-state index in [0.29, 0.717) is 18.9 Å². The van der Waals surface area contributed by atoms with Crippen molar-refractivity contribution in [3.05, 3.63) is 48.3 Å². The molecule has 2 fully saturated rings. The largest absolute Gasteiger partial charge is 0.378 e. The fraction of sp³-hybridized carbons (Fsp3) is 0.550. The van der Waals surface area contributed by atoms with E-state index >= 15 is 0 Å². The van der Waals surface area contributed by atoms with Gasteiger partial charge in [-0.1, -0.05) is 0 Å². The predicted octanol–water partition coefficient (Wildman–Crippen LogP) is 1.41. The number of aromatic nitrogens is 3. The van der Waals surface area contributed by atoms with Crippen LogP contribution in [-0.2, 0) is 16.1 Å². The third kappa shape index (κ3) is 4.54. The zero-order chi connectivity index (χ0) is 18.5. The van der Waals surface area contributed by atoms with Crippen molar-refractivity contribution in [3.63, 3.8) is 0 Å². The molecule has 144 valence electrons. The molecule has 7 heteroatoms. The summed E-state index contributed by atoms with van der Waals surface area (Å²) in [5.74, 6) is 1.76. The molecular formula is C20H27N5O2. The van der Waals surface area contributed by atoms with Crippen LogP contribution in [0.15, 0.2) is 36.9 Å². The summed E-state index contributed by atoms with van der Waals surface area (Å²) in [4.78, 5) is 23.3. The van der Waals surface area contributed by atoms with Crippen LogP contribution >= 0.6 is 0 Å². The maximum absolute atomic E-state index is 12.6. The number of nitrogens with one attached hydrogen (secondary N) is 1. The minimum absolute atomic E-state index is 0.156. The van der Waals surface area contributed by atoms with E-state index < -0.39 is 0 Å². The van der Waals surface area contributed by atoms with E-state index in [-0.39, 0.29) is 11.9 Å². The Labute approximate surface area is 159 Å². The number of pyridine rings is 1. The highest BCUT2D eigenvalue weighted by Gasteiger charge is 2.28. The molecule has 4 rings (SSSR count). The monoisotopic (exact) mass is 369 g/mol. The van der Waals surface area contributed by atoms with Crippen molar-refractivity contribution in [1.29, 1.82) is 0 Å². The number of carbonyl (C=O) groups excluding carboxylic acids is 1. The molecule has 0 unspecified atom stereocenters. The van der Waals surface area contributed by atoms with Crippen molar-refractivity contribution in [2.75, 3.05) is 32.8 Å². The minimum atomic E-state index is 0.156. The molecule has 2 aromatic heterocycles. The molecule has 1 N–H and O–H groups in total. The van der Waals surface area contributed by atoms with Gasteiger partial charge >= 0.3 is 0 Å². The highest BCUT2D eigenvalue weighted by atomic mass is 16.5. The molecular weight excluding hydrogens is 342 g/mol. The Balaban J connectivity index is 1.32. The molecule has 0 aliphatic carbocycles. The molecule has 7 nitrogen and oxygen atoms in total. The van der Waals surface area contributed by atoms with Crippen molar-refractivity contribution < 1.29 is 9.53 Å². The van der Waals surface area contributed by atoms with Gasteiger partial charge in [0.1, 0.15) is 5.82 Å². The number of likely N-dealkylation sites (tertiary alicyclic amines) is 1. The number of piperidine rings is 1. The number of ether oxygens (including phenoxy) is 1. The van der Waals surface area contributed by atoms with Crippen molar-refractivity contribution in [2.45, 2.75) is 37.8 Å². The number of nitrogens with zero attached hydrogens (tertiary/aromatic N) is 4. The van der Waals surface area contributed by atoms with Crippen LogP contribution in [-0.4, -0.2) is 64.2 Å². The van der Waals surface area contributed by atoms with Gasteiger partial charge in [0.15, 0.2) is 0 Å². The van der Waals surface area contributed by atoms with Crippen LogP contribution in [0.25, 0.3) is 0 Å². The van der Waals surface area contributed by atoms with Crippen LogP contribution < -0.4 is 5.32 Å². The van der Waals surface area contributed by atoms with Crippen LogP contribution in [0.5, 0.6) is 0 Å². The van der Waals surface area contributed by atoms with Crippen molar-refractivity contribution in [3.8, 4) is 0 Å². The lowest BCUT2D eigenvalue weighted by Crippen LogP contribution is -2.46. The maximum Gasteiger partial charge on any atom is 0.224 e. The summed E-state index contributed by atoms with van der Waals surface area (Å²) in [6.07, 6.45) is 10.0. The number of morpholine rings is 1. The van der Waals surface area contributed by atoms with Crippen molar-refractivity contribution >= 4 is 5.91 Å². The first-order valence-electron chi connectivity index (χ1n) is 9.78. The number of hydrogen-bond donors (Lipinski definition) is 1. The van der Waals surface area contributed by atoms with Crippen LogP contribution in [0.2, 0.25) is 0 Å². The topological polar surface area (TPSA) is 72.3 Å². The summed E-state index contributed by atoms with van der Waals surface area (Å²) in [5, 5.41) is 3.36. The molecule has 2 saturated heterocycles. The smallest absolute Gasteiger partial charge is 0.224 e. The number of imidazole rings is 1. The standard InChI is InChI=1S/C20H27N5O2/c26-19(13-18-15-27-12-8-22-18)24-9-3-17(4-10-24)20-23-7-11-25(20)14-16-1-5-21-6-2-16/h1-2,5-7,11,17-18,22H,3-4,8-10,12-15H2/t18-/m0/s1. The third-order valence-electron chi connectivity index (χ3n) is 5.48. The van der Waals surface area contributed by atoms with Gasteiger partial charge in [-0.25, -0.2) is 4.98 Å². The normalized spacial score (nSPS) is 21.3. The molecule has 1 atom stereocenters. The average molecular weight is 369 g/mol. The SMILES string of the molecule is O=C(C[C@H]1COCCN1)N1CCC(c2nccn2Cc2ccncc2)CC1. The summed E-state index contributed by atoms with van der Waals surface area (Å²) in [5.41, 5.74) is 1.22. The first-order valence-corrected chi connectivity index (χ1v) is 9.78. The number of carbonyl (C=O) groups is 1. The Morgan fingerprint density at radius 1 is 1.22 bits per heavy atom. The second-order valence-electron chi connectivity index (χ2n) is 7.35. The Morgan fingerprint density at radius 2 is 2.04 bits per heavy atom. The zero-order valence-corrected chi connectivity index (χ0v) is 15.6. The molecule has 2 aliphatic rings. The fourth-order valence-electron chi connectivity index (χ4n) is 3.98. The van der Waals surface area contributed by atoms with E-state index in [1.54, 1.807) is 0 Å². The van der Waals surface area contributed by atoms with Gasteiger partial charge in [-0.15, -0.1) is 0 Å². The van der Waals surface area contributed by atoms with Crippen LogP contribution in [0.3, 0.4) is 0 Å². The van der Waals surface area contributed by atoms with Gasteiger partial charge < -0.3 is 19.5 Å². The number of hydrogen-bond acceptors (Lipinski definition) is 5. The van der Waals surface area contributed by atoms with E-state index in [4.69, 9.17) is 4.74 Å². The average Bonchev–Trinajstić information content (AvgIpc) is 3.18. The van der Waals surface area contributed by atoms with E-state index in [9.17, 15) is 4.79 Å². The Hall–Kier alpha value is -2.25. The van der Waals surface area contributed by atoms with E-state index in [1.165, 1.54) is 5.56 Å². The van der Waals surface area contributed by atoms with Crippen LogP contribution in [0.4, 0.5) is 0 Å². The third-order valence-corrected chi connectivity index (χ3v) is 5.48. The first-order chi connectivity index (χ1) is 13.3. The number of rotatable bonds is 5. The highest BCUT2D eigenvalue weighted by molar-refractivity contribution is 5.77. The van der Waals surface area contributed by atoms with Gasteiger partial charge in [-0.05, 0) is 30.5 Å². The molecule has 4 heterocycles. The summed E-state index contributed by atoms with van der Waals surface area (Å²) in [6, 6.07) is 4.23. The molecule has 0 bridgehead atoms. The van der Waals surface area contributed by atoms with E-state index in [2.05, 4.69) is 19.9 Å². The second kappa shape index (κ2) is 8.63. The second-order valence-corrected chi connectivity index (χ2v) is 7.35. The van der Waals surface area contributed by atoms with Gasteiger partial charge in [-0.3, -0.25) is 9.78 Å². The lowest BCUT2D eigenvalue weighted by molar-refractivity contribution is -0.133. The van der Waals surface area contributed by atoms with Gasteiger partial charge in [0.05, 0.1) is 13.2 Å². The lowest BCUT2D eigenvalue weighted by Gasteiger charge is -2.33. The summed E-state index contributed by atoms with van der Waals surface area (Å²) in [6.45, 7) is 4.62. The molecule has 27 heavy (non-hydrogen) atoms. The molecule has 0 spiro atoms. The Kier molecular flexibility index (Phi) is 5.79. The Bertz CT molecular complexity index is 734. The minimum Gasteiger partial charge on any atom is -0.378 e. The lowest BCUT2D eigenvalue weighted by atomic mass is 9.95. The van der Waals surface area contributed by atoms with Crippen LogP contribution in [0.1, 0.15) is 36.6 Å². The number of amides is 1. The van der Waals surface area contributed by atoms with Crippen molar-refractivity contribution in [2.24, 2.45) is 0 Å². The molecule has 0 saturated carbocycles. The first kappa shape index (κ1) is 18.1. The van der Waals surface area contributed by atoms with Gasteiger partial charge in [-0.2, -0.15) is 0 Å². The van der Waals surface area contributed by atoms with Gasteiger partial charge in [0.2, 0.25) is 5.91 Å².